The summed E-state index contributed by atoms with van der Waals surface area (Å²) < 4.78 is 0. The first kappa shape index (κ1) is 21.3. The van der Waals surface area contributed by atoms with Crippen LogP contribution in [0.4, 0.5) is 11.6 Å². The highest BCUT2D eigenvalue weighted by molar-refractivity contribution is 6.31. The third-order valence-electron chi connectivity index (χ3n) is 5.81. The molecule has 0 saturated carbocycles. The number of pyridine rings is 2. The van der Waals surface area contributed by atoms with E-state index in [1.54, 1.807) is 18.5 Å². The zero-order valence-corrected chi connectivity index (χ0v) is 18.3. The number of likely N-dealkylation sites (tertiary alicyclic amines) is 1. The molecule has 1 aliphatic rings. The van der Waals surface area contributed by atoms with Crippen molar-refractivity contribution in [2.24, 2.45) is 5.92 Å². The number of carbonyl (C=O) groups is 1. The Bertz CT molecular complexity index is 1080. The Kier molecular flexibility index (Phi) is 6.53. The van der Waals surface area contributed by atoms with Crippen LogP contribution in [0.1, 0.15) is 28.8 Å². The van der Waals surface area contributed by atoms with Gasteiger partial charge in [-0.05, 0) is 68.0 Å². The summed E-state index contributed by atoms with van der Waals surface area (Å²) >= 11 is 6.13. The molecule has 3 aromatic rings. The molecule has 0 radical (unpaired) electrons. The number of carbonyl (C=O) groups excluding carboxylic acids is 1. The third-order valence-corrected chi connectivity index (χ3v) is 6.01. The number of anilines is 2. The van der Waals surface area contributed by atoms with Crippen molar-refractivity contribution in [1.29, 1.82) is 0 Å². The molecule has 162 valence electrons. The predicted molar refractivity (Wildman–Crippen MR) is 125 cm³/mol. The Balaban J connectivity index is 1.42. The summed E-state index contributed by atoms with van der Waals surface area (Å²) in [6, 6.07) is 9.44. The molecule has 1 aliphatic heterocycles. The van der Waals surface area contributed by atoms with Crippen molar-refractivity contribution < 1.29 is 4.79 Å². The number of fused-ring (bicyclic) bond motifs is 1. The smallest absolute Gasteiger partial charge is 0.255 e. The third kappa shape index (κ3) is 5.24. The van der Waals surface area contributed by atoms with Gasteiger partial charge in [0.1, 0.15) is 11.6 Å². The lowest BCUT2D eigenvalue weighted by Gasteiger charge is -2.29. The van der Waals surface area contributed by atoms with E-state index in [0.29, 0.717) is 34.7 Å². The van der Waals surface area contributed by atoms with Crippen molar-refractivity contribution in [2.75, 3.05) is 37.7 Å². The number of nitrogens with zero attached hydrogens (tertiary/aromatic N) is 3. The first-order valence-corrected chi connectivity index (χ1v) is 10.9. The van der Waals surface area contributed by atoms with E-state index in [1.165, 1.54) is 0 Å². The highest BCUT2D eigenvalue weighted by Crippen LogP contribution is 2.22. The number of aromatic nitrogens is 2. The minimum atomic E-state index is -0.213. The molecule has 4 N–H and O–H groups in total. The first-order valence-electron chi connectivity index (χ1n) is 10.5. The van der Waals surface area contributed by atoms with Crippen molar-refractivity contribution in [3.05, 3.63) is 58.9 Å². The molecule has 31 heavy (non-hydrogen) atoms. The zero-order valence-electron chi connectivity index (χ0n) is 17.6. The summed E-state index contributed by atoms with van der Waals surface area (Å²) in [4.78, 5) is 23.7. The maximum Gasteiger partial charge on any atom is 0.255 e. The summed E-state index contributed by atoms with van der Waals surface area (Å²) in [5.74, 6) is 1.43. The number of amides is 1. The molecular formula is C23H27ClN6O. The zero-order chi connectivity index (χ0) is 21.8. The van der Waals surface area contributed by atoms with Gasteiger partial charge in [-0.1, -0.05) is 23.7 Å². The maximum atomic E-state index is 12.9. The van der Waals surface area contributed by atoms with E-state index in [4.69, 9.17) is 17.3 Å². The Morgan fingerprint density at radius 2 is 2.03 bits per heavy atom. The van der Waals surface area contributed by atoms with Crippen LogP contribution in [0.5, 0.6) is 0 Å². The van der Waals surface area contributed by atoms with E-state index < -0.39 is 0 Å². The molecule has 1 fully saturated rings. The molecule has 8 heteroatoms. The van der Waals surface area contributed by atoms with E-state index in [2.05, 4.69) is 32.5 Å². The second kappa shape index (κ2) is 9.49. The molecule has 1 saturated heterocycles. The van der Waals surface area contributed by atoms with E-state index >= 15 is 0 Å². The van der Waals surface area contributed by atoms with Crippen molar-refractivity contribution in [2.45, 2.75) is 19.4 Å². The molecule has 7 nitrogen and oxygen atoms in total. The number of hydrogen-bond donors (Lipinski definition) is 3. The fourth-order valence-corrected chi connectivity index (χ4v) is 4.06. The quantitative estimate of drug-likeness (QED) is 0.544. The summed E-state index contributed by atoms with van der Waals surface area (Å²) in [5.41, 5.74) is 7.34. The molecule has 0 spiro atoms. The molecule has 0 bridgehead atoms. The molecule has 4 rings (SSSR count). The van der Waals surface area contributed by atoms with Crippen molar-refractivity contribution in [1.82, 2.24) is 20.2 Å². The molecule has 0 aliphatic carbocycles. The van der Waals surface area contributed by atoms with Gasteiger partial charge < -0.3 is 21.3 Å². The van der Waals surface area contributed by atoms with Gasteiger partial charge in [0.05, 0.1) is 10.6 Å². The monoisotopic (exact) mass is 438 g/mol. The molecule has 2 aromatic heterocycles. The minimum absolute atomic E-state index is 0.213. The largest absolute Gasteiger partial charge is 0.383 e. The van der Waals surface area contributed by atoms with E-state index in [-0.39, 0.29) is 5.91 Å². The number of benzene rings is 1. The van der Waals surface area contributed by atoms with Crippen LogP contribution >= 0.6 is 11.6 Å². The van der Waals surface area contributed by atoms with Gasteiger partial charge in [-0.25, -0.2) is 9.97 Å². The molecule has 3 heterocycles. The van der Waals surface area contributed by atoms with Gasteiger partial charge in [0.2, 0.25) is 0 Å². The molecular weight excluding hydrogens is 412 g/mol. The summed E-state index contributed by atoms with van der Waals surface area (Å²) in [7, 11) is 2.15. The van der Waals surface area contributed by atoms with Gasteiger partial charge >= 0.3 is 0 Å². The van der Waals surface area contributed by atoms with Crippen LogP contribution < -0.4 is 16.4 Å². The minimum Gasteiger partial charge on any atom is -0.383 e. The van der Waals surface area contributed by atoms with Crippen LogP contribution in [-0.2, 0) is 6.54 Å². The van der Waals surface area contributed by atoms with E-state index in [9.17, 15) is 4.79 Å². The highest BCUT2D eigenvalue weighted by Gasteiger charge is 2.19. The lowest BCUT2D eigenvalue weighted by atomic mass is 9.97. The topological polar surface area (TPSA) is 96.2 Å². The van der Waals surface area contributed by atoms with Gasteiger partial charge in [0.15, 0.2) is 0 Å². The maximum absolute atomic E-state index is 12.9. The number of halogens is 1. The standard InChI is InChI=1S/C23H27ClN6O/c1-30-8-5-15(6-9-30)12-27-22-20(11-18(24)14-28-22)23(31)29-13-16-2-3-19-17(10-16)4-7-26-21(19)25/h2-4,7,10-11,14-15H,5-6,8-9,12-13H2,1H3,(H2,25,26)(H,27,28)(H,29,31). The van der Waals surface area contributed by atoms with E-state index in [1.807, 2.05) is 24.3 Å². The summed E-state index contributed by atoms with van der Waals surface area (Å²) in [5, 5.41) is 8.66. The van der Waals surface area contributed by atoms with Gasteiger partial charge in [-0.15, -0.1) is 0 Å². The SMILES string of the molecule is CN1CCC(CNc2ncc(Cl)cc2C(=O)NCc2ccc3c(N)nccc3c2)CC1. The normalized spacial score (nSPS) is 15.2. The van der Waals surface area contributed by atoms with Crippen LogP contribution in [-0.4, -0.2) is 47.5 Å². The highest BCUT2D eigenvalue weighted by atomic mass is 35.5. The average molecular weight is 439 g/mol. The van der Waals surface area contributed by atoms with Gasteiger partial charge in [0.25, 0.3) is 5.91 Å². The molecule has 0 atom stereocenters. The number of nitrogen functional groups attached to an aromatic ring is 1. The molecule has 1 amide bonds. The Morgan fingerprint density at radius 1 is 1.23 bits per heavy atom. The number of nitrogens with one attached hydrogen (secondary N) is 2. The van der Waals surface area contributed by atoms with Crippen molar-refractivity contribution in [3.8, 4) is 0 Å². The molecule has 1 aromatic carbocycles. The van der Waals surface area contributed by atoms with Crippen LogP contribution in [0.15, 0.2) is 42.7 Å². The lowest BCUT2D eigenvalue weighted by Crippen LogP contribution is -2.33. The van der Waals surface area contributed by atoms with Crippen LogP contribution in [0.3, 0.4) is 0 Å². The first-order chi connectivity index (χ1) is 15.0. The van der Waals surface area contributed by atoms with Gasteiger partial charge in [-0.3, -0.25) is 4.79 Å². The second-order valence-corrected chi connectivity index (χ2v) is 8.55. The van der Waals surface area contributed by atoms with Crippen LogP contribution in [0, 0.1) is 5.92 Å². The number of rotatable bonds is 6. The summed E-state index contributed by atoms with van der Waals surface area (Å²) in [6.07, 6.45) is 5.53. The molecule has 0 unspecified atom stereocenters. The Morgan fingerprint density at radius 3 is 2.84 bits per heavy atom. The van der Waals surface area contributed by atoms with Gasteiger partial charge in [0, 0.05) is 30.9 Å². The number of hydrogen-bond acceptors (Lipinski definition) is 6. The number of piperidine rings is 1. The predicted octanol–water partition coefficient (Wildman–Crippen LogP) is 3.55. The van der Waals surface area contributed by atoms with Crippen molar-refractivity contribution >= 4 is 39.9 Å². The van der Waals surface area contributed by atoms with Crippen LogP contribution in [0.25, 0.3) is 10.8 Å². The Labute approximate surface area is 187 Å². The fraction of sp³-hybridized carbons (Fsp3) is 0.348. The van der Waals surface area contributed by atoms with Crippen molar-refractivity contribution in [3.63, 3.8) is 0 Å². The fourth-order valence-electron chi connectivity index (χ4n) is 3.90. The second-order valence-electron chi connectivity index (χ2n) is 8.11. The van der Waals surface area contributed by atoms with Gasteiger partial charge in [-0.2, -0.15) is 0 Å². The van der Waals surface area contributed by atoms with E-state index in [0.717, 1.165) is 48.8 Å². The number of nitrogens with two attached hydrogens (primary N) is 1. The van der Waals surface area contributed by atoms with Crippen LogP contribution in [0.2, 0.25) is 5.02 Å². The summed E-state index contributed by atoms with van der Waals surface area (Å²) in [6.45, 7) is 3.38. The Hall–Kier alpha value is -2.90. The average Bonchev–Trinajstić information content (AvgIpc) is 2.78. The lowest BCUT2D eigenvalue weighted by molar-refractivity contribution is 0.0951.